The molecule has 0 amide bonds. The fourth-order valence-electron chi connectivity index (χ4n) is 1.36. The molecule has 0 aromatic carbocycles. The first-order chi connectivity index (χ1) is 7.61. The van der Waals surface area contributed by atoms with Gasteiger partial charge in [0.2, 0.25) is 11.7 Å². The van der Waals surface area contributed by atoms with Crippen LogP contribution in [-0.2, 0) is 7.05 Å². The van der Waals surface area contributed by atoms with Crippen LogP contribution in [0.15, 0.2) is 24.4 Å². The molecule has 16 heavy (non-hydrogen) atoms. The lowest BCUT2D eigenvalue weighted by Gasteiger charge is -1.97. The maximum Gasteiger partial charge on any atom is 0.372 e. The van der Waals surface area contributed by atoms with Gasteiger partial charge in [-0.15, -0.1) is 0 Å². The number of hydrogen-bond acceptors (Lipinski definition) is 4. The second kappa shape index (κ2) is 3.65. The summed E-state index contributed by atoms with van der Waals surface area (Å²) in [5.41, 5.74) is 0.601. The Hall–Kier alpha value is -2.37. The summed E-state index contributed by atoms with van der Waals surface area (Å²) in [6.45, 7) is 0. The third-order valence-electron chi connectivity index (χ3n) is 2.16. The molecule has 2 aromatic rings. The molecule has 82 valence electrons. The van der Waals surface area contributed by atoms with Gasteiger partial charge in [-0.2, -0.15) is 0 Å². The van der Waals surface area contributed by atoms with Crippen LogP contribution in [0.25, 0.3) is 11.4 Å². The number of nitrogens with zero attached hydrogens (tertiary/aromatic N) is 3. The van der Waals surface area contributed by atoms with E-state index in [9.17, 15) is 9.90 Å². The summed E-state index contributed by atoms with van der Waals surface area (Å²) in [6.07, 6.45) is 1.55. The smallest absolute Gasteiger partial charge is 0.372 e. The quantitative estimate of drug-likeness (QED) is 0.782. The first-order valence-electron chi connectivity index (χ1n) is 4.51. The van der Waals surface area contributed by atoms with Gasteiger partial charge in [0.15, 0.2) is 5.69 Å². The zero-order valence-corrected chi connectivity index (χ0v) is 8.45. The number of carboxylic acid groups (broad SMARTS) is 1. The molecule has 0 spiro atoms. The fraction of sp³-hybridized carbons (Fsp3) is 0.100. The van der Waals surface area contributed by atoms with E-state index in [-0.39, 0.29) is 17.4 Å². The summed E-state index contributed by atoms with van der Waals surface area (Å²) in [6, 6.07) is 5.10. The number of carboxylic acids is 1. The highest BCUT2D eigenvalue weighted by molar-refractivity contribution is 5.85. The first-order valence-corrected chi connectivity index (χ1v) is 4.51. The summed E-state index contributed by atoms with van der Waals surface area (Å²) < 4.78 is 1.10. The predicted octanol–water partition coefficient (Wildman–Crippen LogP) is 0.886. The molecule has 0 saturated carbocycles. The van der Waals surface area contributed by atoms with E-state index in [0.717, 1.165) is 4.57 Å². The minimum absolute atomic E-state index is 0.167. The highest BCUT2D eigenvalue weighted by Gasteiger charge is 2.20. The minimum atomic E-state index is -1.19. The van der Waals surface area contributed by atoms with Crippen molar-refractivity contribution in [2.45, 2.75) is 0 Å². The average molecular weight is 219 g/mol. The summed E-state index contributed by atoms with van der Waals surface area (Å²) in [5, 5.41) is 18.6. The maximum absolute atomic E-state index is 10.8. The summed E-state index contributed by atoms with van der Waals surface area (Å²) in [4.78, 5) is 18.6. The van der Waals surface area contributed by atoms with Crippen LogP contribution in [0, 0.1) is 0 Å². The molecule has 0 aliphatic rings. The third kappa shape index (κ3) is 1.50. The second-order valence-electron chi connectivity index (χ2n) is 3.19. The molecule has 0 saturated heterocycles. The van der Waals surface area contributed by atoms with Gasteiger partial charge in [0.1, 0.15) is 0 Å². The number of aromatic hydroxyl groups is 1. The van der Waals surface area contributed by atoms with E-state index in [2.05, 4.69) is 9.97 Å². The zero-order chi connectivity index (χ0) is 11.7. The standard InChI is InChI=1S/C10H9N3O3/c1-13-8(10(15)16)12-7(9(13)14)6-4-2-3-5-11-6/h2-5,14H,1H3,(H,15,16). The molecular weight excluding hydrogens is 210 g/mol. The molecule has 0 radical (unpaired) electrons. The average Bonchev–Trinajstić information content (AvgIpc) is 2.58. The lowest BCUT2D eigenvalue weighted by Crippen LogP contribution is -2.05. The number of carbonyl (C=O) groups is 1. The highest BCUT2D eigenvalue weighted by atomic mass is 16.4. The molecule has 2 rings (SSSR count). The SMILES string of the molecule is Cn1c(C(=O)O)nc(-c2ccccn2)c1O. The summed E-state index contributed by atoms with van der Waals surface area (Å²) in [5.74, 6) is -1.63. The Labute approximate surface area is 90.8 Å². The lowest BCUT2D eigenvalue weighted by atomic mass is 10.3. The van der Waals surface area contributed by atoms with Gasteiger partial charge in [-0.25, -0.2) is 9.78 Å². The molecule has 0 bridgehead atoms. The molecule has 2 N–H and O–H groups in total. The maximum atomic E-state index is 10.8. The Bertz CT molecular complexity index is 534. The lowest BCUT2D eigenvalue weighted by molar-refractivity contribution is 0.0678. The Morgan fingerprint density at radius 3 is 2.69 bits per heavy atom. The van der Waals surface area contributed by atoms with Crippen molar-refractivity contribution in [2.24, 2.45) is 7.05 Å². The van der Waals surface area contributed by atoms with Gasteiger partial charge in [-0.1, -0.05) is 6.07 Å². The van der Waals surface area contributed by atoms with E-state index in [1.165, 1.54) is 7.05 Å². The highest BCUT2D eigenvalue weighted by Crippen LogP contribution is 2.26. The Morgan fingerprint density at radius 1 is 1.44 bits per heavy atom. The molecule has 0 aliphatic carbocycles. The topological polar surface area (TPSA) is 88.2 Å². The number of rotatable bonds is 2. The molecule has 0 fully saturated rings. The number of pyridine rings is 1. The number of hydrogen-bond donors (Lipinski definition) is 2. The van der Waals surface area contributed by atoms with Gasteiger partial charge >= 0.3 is 5.97 Å². The first kappa shape index (κ1) is 10.2. The Balaban J connectivity index is 2.60. The van der Waals surface area contributed by atoms with Gasteiger partial charge in [-0.3, -0.25) is 9.55 Å². The summed E-state index contributed by atoms with van der Waals surface area (Å²) >= 11 is 0. The van der Waals surface area contributed by atoms with Crippen LogP contribution >= 0.6 is 0 Å². The third-order valence-corrected chi connectivity index (χ3v) is 2.16. The van der Waals surface area contributed by atoms with Crippen molar-refractivity contribution in [1.82, 2.24) is 14.5 Å². The van der Waals surface area contributed by atoms with Crippen molar-refractivity contribution >= 4 is 5.97 Å². The minimum Gasteiger partial charge on any atom is -0.493 e. The zero-order valence-electron chi connectivity index (χ0n) is 8.45. The van der Waals surface area contributed by atoms with Crippen LogP contribution in [0.3, 0.4) is 0 Å². The molecule has 6 nitrogen and oxygen atoms in total. The van der Waals surface area contributed by atoms with Gasteiger partial charge in [0.05, 0.1) is 5.69 Å². The van der Waals surface area contributed by atoms with Crippen molar-refractivity contribution in [3.63, 3.8) is 0 Å². The molecular formula is C10H9N3O3. The number of imidazole rings is 1. The molecule has 2 aromatic heterocycles. The van der Waals surface area contributed by atoms with Gasteiger partial charge < -0.3 is 10.2 Å². The molecule has 6 heteroatoms. The molecule has 2 heterocycles. The van der Waals surface area contributed by atoms with Crippen molar-refractivity contribution in [2.75, 3.05) is 0 Å². The van der Waals surface area contributed by atoms with E-state index >= 15 is 0 Å². The van der Waals surface area contributed by atoms with Crippen molar-refractivity contribution in [3.8, 4) is 17.3 Å². The molecule has 0 aliphatic heterocycles. The number of aromatic nitrogens is 3. The van der Waals surface area contributed by atoms with Gasteiger partial charge in [0, 0.05) is 13.2 Å². The largest absolute Gasteiger partial charge is 0.493 e. The fourth-order valence-corrected chi connectivity index (χ4v) is 1.36. The summed E-state index contributed by atoms with van der Waals surface area (Å²) in [7, 11) is 1.43. The van der Waals surface area contributed by atoms with Crippen LogP contribution < -0.4 is 0 Å². The van der Waals surface area contributed by atoms with Crippen molar-refractivity contribution in [1.29, 1.82) is 0 Å². The van der Waals surface area contributed by atoms with Crippen LogP contribution in [0.2, 0.25) is 0 Å². The van der Waals surface area contributed by atoms with E-state index in [0.29, 0.717) is 5.69 Å². The predicted molar refractivity (Wildman–Crippen MR) is 55.1 cm³/mol. The van der Waals surface area contributed by atoms with Crippen molar-refractivity contribution < 1.29 is 15.0 Å². The van der Waals surface area contributed by atoms with Crippen LogP contribution in [0.1, 0.15) is 10.6 Å². The van der Waals surface area contributed by atoms with Gasteiger partial charge in [0.25, 0.3) is 0 Å². The monoisotopic (exact) mass is 219 g/mol. The van der Waals surface area contributed by atoms with E-state index in [1.807, 2.05) is 0 Å². The van der Waals surface area contributed by atoms with Crippen LogP contribution in [0.5, 0.6) is 5.88 Å². The Kier molecular flexibility index (Phi) is 2.32. The van der Waals surface area contributed by atoms with Crippen LogP contribution in [0.4, 0.5) is 0 Å². The van der Waals surface area contributed by atoms with E-state index in [1.54, 1.807) is 24.4 Å². The van der Waals surface area contributed by atoms with E-state index in [4.69, 9.17) is 5.11 Å². The number of aromatic carboxylic acids is 1. The molecule has 0 unspecified atom stereocenters. The second-order valence-corrected chi connectivity index (χ2v) is 3.19. The molecule has 0 atom stereocenters. The van der Waals surface area contributed by atoms with Crippen molar-refractivity contribution in [3.05, 3.63) is 30.2 Å². The van der Waals surface area contributed by atoms with E-state index < -0.39 is 5.97 Å². The van der Waals surface area contributed by atoms with Gasteiger partial charge in [-0.05, 0) is 12.1 Å². The Morgan fingerprint density at radius 2 is 2.19 bits per heavy atom. The normalized spacial score (nSPS) is 10.3. The van der Waals surface area contributed by atoms with Crippen LogP contribution in [-0.4, -0.2) is 30.7 Å².